The van der Waals surface area contributed by atoms with Gasteiger partial charge in [-0.25, -0.2) is 0 Å². The molecule has 0 atom stereocenters. The second-order valence-electron chi connectivity index (χ2n) is 17.0. The first kappa shape index (κ1) is 59.1. The Bertz CT molecular complexity index is 1570. The van der Waals surface area contributed by atoms with Crippen LogP contribution in [-0.2, 0) is 37.9 Å². The molecule has 3 rings (SSSR count). The molecule has 12 nitrogen and oxygen atoms in total. The van der Waals surface area contributed by atoms with Crippen LogP contribution in [0.3, 0.4) is 0 Å². The topological polar surface area (TPSA) is 111 Å². The van der Waals surface area contributed by atoms with Gasteiger partial charge in [0.05, 0.1) is 79.3 Å². The molecule has 70 heavy (non-hydrogen) atoms. The fourth-order valence-electron chi connectivity index (χ4n) is 7.44. The Hall–Kier alpha value is -5.26. The maximum atomic E-state index is 6.50. The molecule has 0 unspecified atom stereocenters. The SMILES string of the molecule is CCOC=COCCCCCCCOc1cc2cc3cc(OCCCCCCCOC=COCC)c(OCCCCCCCOC=COCC)cc3cc2cc1OCCCCCCCOC=COCC. The Morgan fingerprint density at radius 3 is 0.629 bits per heavy atom. The highest BCUT2D eigenvalue weighted by Crippen LogP contribution is 2.39. The lowest BCUT2D eigenvalue weighted by molar-refractivity contribution is 0.206. The average Bonchev–Trinajstić information content (AvgIpc) is 3.37. The number of hydrogen-bond donors (Lipinski definition) is 0. The summed E-state index contributed by atoms with van der Waals surface area (Å²) in [7, 11) is 0. The predicted molar refractivity (Wildman–Crippen MR) is 283 cm³/mol. The van der Waals surface area contributed by atoms with Gasteiger partial charge < -0.3 is 56.8 Å². The maximum Gasteiger partial charge on any atom is 0.161 e. The molecule has 0 aliphatic heterocycles. The molecule has 0 aliphatic carbocycles. The van der Waals surface area contributed by atoms with Gasteiger partial charge in [-0.2, -0.15) is 0 Å². The van der Waals surface area contributed by atoms with Crippen molar-refractivity contribution in [1.82, 2.24) is 0 Å². The lowest BCUT2D eigenvalue weighted by Crippen LogP contribution is -2.04. The van der Waals surface area contributed by atoms with Gasteiger partial charge >= 0.3 is 0 Å². The van der Waals surface area contributed by atoms with E-state index in [1.807, 2.05) is 27.7 Å². The van der Waals surface area contributed by atoms with Gasteiger partial charge in [-0.15, -0.1) is 0 Å². The summed E-state index contributed by atoms with van der Waals surface area (Å²) in [5, 5.41) is 4.39. The van der Waals surface area contributed by atoms with Crippen molar-refractivity contribution in [2.24, 2.45) is 0 Å². The van der Waals surface area contributed by atoms with Crippen LogP contribution in [0.1, 0.15) is 156 Å². The van der Waals surface area contributed by atoms with Crippen LogP contribution in [0, 0.1) is 0 Å². The van der Waals surface area contributed by atoms with Gasteiger partial charge in [0.25, 0.3) is 0 Å². The Morgan fingerprint density at radius 1 is 0.229 bits per heavy atom. The zero-order chi connectivity index (χ0) is 49.6. The molecule has 0 fully saturated rings. The van der Waals surface area contributed by atoms with Gasteiger partial charge in [-0.05, 0) is 137 Å². The van der Waals surface area contributed by atoms with E-state index in [1.54, 1.807) is 50.1 Å². The summed E-state index contributed by atoms with van der Waals surface area (Å²) >= 11 is 0. The van der Waals surface area contributed by atoms with Crippen LogP contribution in [0.25, 0.3) is 21.5 Å². The van der Waals surface area contributed by atoms with Gasteiger partial charge in [0, 0.05) is 0 Å². The summed E-state index contributed by atoms with van der Waals surface area (Å²) in [6, 6.07) is 13.1. The van der Waals surface area contributed by atoms with E-state index in [1.165, 1.54) is 0 Å². The Balaban J connectivity index is 1.67. The van der Waals surface area contributed by atoms with Gasteiger partial charge in [0.1, 0.15) is 50.1 Å². The van der Waals surface area contributed by atoms with Crippen molar-refractivity contribution in [3.8, 4) is 23.0 Å². The van der Waals surface area contributed by atoms with E-state index in [-0.39, 0.29) is 0 Å². The first-order valence-electron chi connectivity index (χ1n) is 26.8. The molecule has 0 heterocycles. The average molecular weight is 979 g/mol. The van der Waals surface area contributed by atoms with Crippen molar-refractivity contribution >= 4 is 21.5 Å². The molecular formula is C58H90O12. The summed E-state index contributed by atoms with van der Waals surface area (Å²) < 4.78 is 68.8. The number of ether oxygens (including phenoxy) is 12. The van der Waals surface area contributed by atoms with E-state index in [9.17, 15) is 0 Å². The molecule has 0 N–H and O–H groups in total. The van der Waals surface area contributed by atoms with Crippen molar-refractivity contribution in [3.63, 3.8) is 0 Å². The number of rotatable bonds is 48. The molecule has 394 valence electrons. The molecular weight excluding hydrogens is 889 g/mol. The fraction of sp³-hybridized carbons (Fsp3) is 0.621. The maximum absolute atomic E-state index is 6.50. The Kier molecular flexibility index (Phi) is 35.9. The number of benzene rings is 3. The highest BCUT2D eigenvalue weighted by molar-refractivity contribution is 6.00. The van der Waals surface area contributed by atoms with Crippen molar-refractivity contribution in [2.45, 2.75) is 156 Å². The summed E-state index contributed by atoms with van der Waals surface area (Å²) in [5.74, 6) is 3.15. The molecule has 0 aromatic heterocycles. The van der Waals surface area contributed by atoms with Gasteiger partial charge in [-0.3, -0.25) is 0 Å². The highest BCUT2D eigenvalue weighted by Gasteiger charge is 2.14. The fourth-order valence-corrected chi connectivity index (χ4v) is 7.44. The van der Waals surface area contributed by atoms with Crippen LogP contribution in [0.5, 0.6) is 23.0 Å². The van der Waals surface area contributed by atoms with Gasteiger partial charge in [0.2, 0.25) is 0 Å². The summed E-state index contributed by atoms with van der Waals surface area (Å²) in [5.41, 5.74) is 0. The molecule has 0 spiro atoms. The second kappa shape index (κ2) is 42.6. The van der Waals surface area contributed by atoms with Crippen LogP contribution in [0.4, 0.5) is 0 Å². The van der Waals surface area contributed by atoms with Crippen LogP contribution in [0.15, 0.2) is 86.5 Å². The minimum absolute atomic E-state index is 0.629. The third-order valence-corrected chi connectivity index (χ3v) is 11.2. The van der Waals surface area contributed by atoms with E-state index >= 15 is 0 Å². The van der Waals surface area contributed by atoms with E-state index < -0.39 is 0 Å². The summed E-state index contributed by atoms with van der Waals surface area (Å²) in [6.07, 6.45) is 34.3. The molecule has 12 heteroatoms. The van der Waals surface area contributed by atoms with E-state index in [2.05, 4.69) is 36.4 Å². The Morgan fingerprint density at radius 2 is 0.414 bits per heavy atom. The summed E-state index contributed by atoms with van der Waals surface area (Å²) in [4.78, 5) is 0. The second-order valence-corrected chi connectivity index (χ2v) is 17.0. The highest BCUT2D eigenvalue weighted by atomic mass is 16.5. The molecule has 0 amide bonds. The number of hydrogen-bond acceptors (Lipinski definition) is 12. The van der Waals surface area contributed by atoms with Gasteiger partial charge in [0.15, 0.2) is 23.0 Å². The van der Waals surface area contributed by atoms with Crippen molar-refractivity contribution in [1.29, 1.82) is 0 Å². The molecule has 0 radical (unpaired) electrons. The molecule has 3 aromatic carbocycles. The standard InChI is InChI=1S/C58H90O12/c1-5-59-37-41-63-29-21-13-9-17-25-33-67-55-47-51-45-53-49-57(69-35-27-19-11-15-23-31-65-43-39-61-7-3)58(70-36-28-20-12-16-24-32-66-44-40-62-8-4)50-54(53)46-52(51)48-56(55)68-34-26-18-10-14-22-30-64-42-38-60-6-2/h37-50H,5-36H2,1-4H3. The van der Waals surface area contributed by atoms with Crippen molar-refractivity contribution < 1.29 is 56.8 Å². The minimum Gasteiger partial charge on any atom is -0.498 e. The third-order valence-electron chi connectivity index (χ3n) is 11.2. The van der Waals surface area contributed by atoms with E-state index in [0.717, 1.165) is 173 Å². The lowest BCUT2D eigenvalue weighted by Gasteiger charge is -2.17. The minimum atomic E-state index is 0.629. The lowest BCUT2D eigenvalue weighted by atomic mass is 10.0. The van der Waals surface area contributed by atoms with Crippen LogP contribution >= 0.6 is 0 Å². The molecule has 0 saturated carbocycles. The van der Waals surface area contributed by atoms with Crippen molar-refractivity contribution in [3.05, 3.63) is 86.5 Å². The van der Waals surface area contributed by atoms with E-state index in [0.29, 0.717) is 79.3 Å². The quantitative estimate of drug-likeness (QED) is 0.0305. The van der Waals surface area contributed by atoms with Gasteiger partial charge in [-0.1, -0.05) is 77.0 Å². The van der Waals surface area contributed by atoms with Crippen LogP contribution in [0.2, 0.25) is 0 Å². The molecule has 0 aliphatic rings. The van der Waals surface area contributed by atoms with E-state index in [4.69, 9.17) is 56.8 Å². The Labute approximate surface area is 421 Å². The molecule has 0 saturated heterocycles. The normalized spacial score (nSPS) is 11.6. The first-order valence-corrected chi connectivity index (χ1v) is 26.8. The monoisotopic (exact) mass is 979 g/mol. The smallest absolute Gasteiger partial charge is 0.161 e. The number of fused-ring (bicyclic) bond motifs is 2. The molecule has 0 bridgehead atoms. The number of unbranched alkanes of at least 4 members (excludes halogenated alkanes) is 16. The zero-order valence-electron chi connectivity index (χ0n) is 43.6. The zero-order valence-corrected chi connectivity index (χ0v) is 43.6. The van der Waals surface area contributed by atoms with Crippen molar-refractivity contribution in [2.75, 3.05) is 79.3 Å². The third kappa shape index (κ3) is 29.0. The summed E-state index contributed by atoms with van der Waals surface area (Å²) in [6.45, 7) is 15.7. The van der Waals surface area contributed by atoms with Crippen LogP contribution < -0.4 is 18.9 Å². The molecule has 3 aromatic rings. The largest absolute Gasteiger partial charge is 0.498 e. The van der Waals surface area contributed by atoms with Crippen LogP contribution in [-0.4, -0.2) is 79.3 Å². The first-order chi connectivity index (χ1) is 34.7. The predicted octanol–water partition coefficient (Wildman–Crippen LogP) is 15.4.